The Hall–Kier alpha value is -1.42. The van der Waals surface area contributed by atoms with Gasteiger partial charge in [-0.25, -0.2) is 22.0 Å². The molecule has 0 unspecified atom stereocenters. The zero-order valence-electron chi connectivity index (χ0n) is 12.2. The van der Waals surface area contributed by atoms with Crippen LogP contribution in [0, 0.1) is 6.92 Å². The van der Waals surface area contributed by atoms with E-state index in [4.69, 9.17) is 5.14 Å². The third kappa shape index (κ3) is 5.03. The molecule has 0 saturated heterocycles. The number of nitrogens with one attached hydrogen (secondary N) is 1. The van der Waals surface area contributed by atoms with Gasteiger partial charge >= 0.3 is 0 Å². The summed E-state index contributed by atoms with van der Waals surface area (Å²) >= 11 is 3.32. The lowest BCUT2D eigenvalue weighted by molar-refractivity contribution is 0.596. The fraction of sp³-hybridized carbons (Fsp3) is 0.143. The van der Waals surface area contributed by atoms with Crippen LogP contribution < -0.4 is 9.86 Å². The van der Waals surface area contributed by atoms with Crippen molar-refractivity contribution < 1.29 is 16.8 Å². The highest BCUT2D eigenvalue weighted by Crippen LogP contribution is 2.22. The molecular weight excluding hydrogens is 404 g/mol. The van der Waals surface area contributed by atoms with Gasteiger partial charge in [0.15, 0.2) is 0 Å². The van der Waals surface area contributed by atoms with E-state index in [-0.39, 0.29) is 10.6 Å². The van der Waals surface area contributed by atoms with Gasteiger partial charge in [-0.2, -0.15) is 0 Å². The largest absolute Gasteiger partial charge is 0.280 e. The molecule has 0 aromatic heterocycles. The van der Waals surface area contributed by atoms with Crippen molar-refractivity contribution in [1.82, 2.24) is 0 Å². The number of primary sulfonamides is 1. The summed E-state index contributed by atoms with van der Waals surface area (Å²) < 4.78 is 50.0. The molecule has 9 heteroatoms. The maximum absolute atomic E-state index is 12.3. The van der Waals surface area contributed by atoms with E-state index in [2.05, 4.69) is 20.7 Å². The lowest BCUT2D eigenvalue weighted by atomic mass is 10.2. The van der Waals surface area contributed by atoms with Crippen LogP contribution >= 0.6 is 15.9 Å². The van der Waals surface area contributed by atoms with E-state index >= 15 is 0 Å². The van der Waals surface area contributed by atoms with Crippen molar-refractivity contribution in [2.45, 2.75) is 17.6 Å². The van der Waals surface area contributed by atoms with Gasteiger partial charge in [-0.15, -0.1) is 0 Å². The van der Waals surface area contributed by atoms with Crippen LogP contribution in [-0.2, 0) is 25.8 Å². The van der Waals surface area contributed by atoms with Gasteiger partial charge in [0, 0.05) is 10.2 Å². The Balaban J connectivity index is 2.22. The summed E-state index contributed by atoms with van der Waals surface area (Å²) in [5, 5.41) is 4.97. The summed E-state index contributed by atoms with van der Waals surface area (Å²) in [6.07, 6.45) is 0. The quantitative estimate of drug-likeness (QED) is 0.776. The van der Waals surface area contributed by atoms with Crippen molar-refractivity contribution in [2.24, 2.45) is 5.14 Å². The van der Waals surface area contributed by atoms with Crippen LogP contribution in [-0.4, -0.2) is 16.8 Å². The number of halogens is 1. The Morgan fingerprint density at radius 3 is 2.17 bits per heavy atom. The molecule has 0 heterocycles. The molecule has 23 heavy (non-hydrogen) atoms. The van der Waals surface area contributed by atoms with Gasteiger partial charge in [-0.3, -0.25) is 4.72 Å². The Morgan fingerprint density at radius 1 is 1.04 bits per heavy atom. The standard InChI is InChI=1S/C14H15BrN2O4S2/c1-10-8-13(6-7-14(10)15)23(20,21)17-12-4-2-11(3-5-12)9-22(16,18)19/h2-8,17H,9H2,1H3,(H2,16,18,19). The van der Waals surface area contributed by atoms with Crippen molar-refractivity contribution >= 4 is 41.7 Å². The number of rotatable bonds is 5. The topological polar surface area (TPSA) is 106 Å². The maximum atomic E-state index is 12.3. The summed E-state index contributed by atoms with van der Waals surface area (Å²) in [6, 6.07) is 10.7. The number of hydrogen-bond acceptors (Lipinski definition) is 4. The first-order valence-electron chi connectivity index (χ1n) is 6.45. The molecule has 0 amide bonds. The molecular formula is C14H15BrN2O4S2. The van der Waals surface area contributed by atoms with Crippen LogP contribution in [0.15, 0.2) is 51.8 Å². The van der Waals surface area contributed by atoms with Gasteiger partial charge in [0.25, 0.3) is 10.0 Å². The monoisotopic (exact) mass is 418 g/mol. The molecule has 124 valence electrons. The predicted octanol–water partition coefficient (Wildman–Crippen LogP) is 2.35. The van der Waals surface area contributed by atoms with Gasteiger partial charge in [-0.05, 0) is 48.4 Å². The lowest BCUT2D eigenvalue weighted by Crippen LogP contribution is -2.15. The zero-order valence-corrected chi connectivity index (χ0v) is 15.4. The Labute approximate surface area is 143 Å². The smallest absolute Gasteiger partial charge is 0.261 e. The third-order valence-electron chi connectivity index (χ3n) is 3.01. The average Bonchev–Trinajstić information content (AvgIpc) is 2.42. The van der Waals surface area contributed by atoms with E-state index in [0.717, 1.165) is 10.0 Å². The lowest BCUT2D eigenvalue weighted by Gasteiger charge is -2.10. The molecule has 0 aliphatic heterocycles. The molecule has 0 aliphatic carbocycles. The summed E-state index contributed by atoms with van der Waals surface area (Å²) in [5.74, 6) is -0.300. The van der Waals surface area contributed by atoms with Crippen LogP contribution in [0.25, 0.3) is 0 Å². The number of sulfonamides is 2. The van der Waals surface area contributed by atoms with Crippen molar-refractivity contribution in [3.63, 3.8) is 0 Å². The van der Waals surface area contributed by atoms with E-state index in [1.165, 1.54) is 30.3 Å². The first kappa shape index (κ1) is 17.9. The number of aryl methyl sites for hydroxylation is 1. The van der Waals surface area contributed by atoms with E-state index in [9.17, 15) is 16.8 Å². The molecule has 2 rings (SSSR count). The highest BCUT2D eigenvalue weighted by atomic mass is 79.9. The minimum Gasteiger partial charge on any atom is -0.280 e. The molecule has 0 bridgehead atoms. The van der Waals surface area contributed by atoms with Crippen molar-refractivity contribution in [3.05, 3.63) is 58.1 Å². The molecule has 3 N–H and O–H groups in total. The molecule has 0 saturated carbocycles. The minimum absolute atomic E-state index is 0.145. The van der Waals surface area contributed by atoms with Crippen molar-refractivity contribution in [1.29, 1.82) is 0 Å². The Morgan fingerprint density at radius 2 is 1.65 bits per heavy atom. The molecule has 0 radical (unpaired) electrons. The molecule has 0 atom stereocenters. The van der Waals surface area contributed by atoms with Crippen LogP contribution in [0.2, 0.25) is 0 Å². The second kappa shape index (κ2) is 6.60. The van der Waals surface area contributed by atoms with Gasteiger partial charge < -0.3 is 0 Å². The van der Waals surface area contributed by atoms with E-state index < -0.39 is 20.0 Å². The normalized spacial score (nSPS) is 12.1. The zero-order chi connectivity index (χ0) is 17.3. The number of anilines is 1. The fourth-order valence-corrected chi connectivity index (χ4v) is 3.95. The van der Waals surface area contributed by atoms with Crippen LogP contribution in [0.4, 0.5) is 5.69 Å². The second-order valence-corrected chi connectivity index (χ2v) is 9.17. The average molecular weight is 419 g/mol. The summed E-state index contributed by atoms with van der Waals surface area (Å²) in [7, 11) is -7.33. The van der Waals surface area contributed by atoms with Gasteiger partial charge in [0.1, 0.15) is 0 Å². The number of hydrogen-bond donors (Lipinski definition) is 2. The van der Waals surface area contributed by atoms with E-state index in [0.29, 0.717) is 11.3 Å². The fourth-order valence-electron chi connectivity index (χ4n) is 1.90. The minimum atomic E-state index is -3.71. The first-order valence-corrected chi connectivity index (χ1v) is 10.4. The first-order chi connectivity index (χ1) is 10.6. The molecule has 2 aromatic rings. The van der Waals surface area contributed by atoms with Crippen molar-refractivity contribution in [3.8, 4) is 0 Å². The SMILES string of the molecule is Cc1cc(S(=O)(=O)Nc2ccc(CS(N)(=O)=O)cc2)ccc1Br. The summed E-state index contributed by atoms with van der Waals surface area (Å²) in [5.41, 5.74) is 1.62. The predicted molar refractivity (Wildman–Crippen MR) is 92.9 cm³/mol. The molecule has 2 aromatic carbocycles. The Kier molecular flexibility index (Phi) is 5.14. The Bertz CT molecular complexity index is 924. The van der Waals surface area contributed by atoms with Crippen LogP contribution in [0.3, 0.4) is 0 Å². The highest BCUT2D eigenvalue weighted by Gasteiger charge is 2.15. The summed E-state index contributed by atoms with van der Waals surface area (Å²) in [6.45, 7) is 1.80. The van der Waals surface area contributed by atoms with E-state index in [1.54, 1.807) is 19.1 Å². The molecule has 0 fully saturated rings. The molecule has 6 nitrogen and oxygen atoms in total. The molecule has 0 spiro atoms. The maximum Gasteiger partial charge on any atom is 0.261 e. The van der Waals surface area contributed by atoms with Gasteiger partial charge in [0.05, 0.1) is 10.6 Å². The number of nitrogens with two attached hydrogens (primary N) is 1. The van der Waals surface area contributed by atoms with Crippen LogP contribution in [0.1, 0.15) is 11.1 Å². The highest BCUT2D eigenvalue weighted by molar-refractivity contribution is 9.10. The molecule has 0 aliphatic rings. The second-order valence-electron chi connectivity index (χ2n) is 5.02. The van der Waals surface area contributed by atoms with Crippen molar-refractivity contribution in [2.75, 3.05) is 4.72 Å². The van der Waals surface area contributed by atoms with E-state index in [1.807, 2.05) is 0 Å². The van der Waals surface area contributed by atoms with Gasteiger partial charge in [0.2, 0.25) is 10.0 Å². The van der Waals surface area contributed by atoms with Gasteiger partial charge in [-0.1, -0.05) is 28.1 Å². The summed E-state index contributed by atoms with van der Waals surface area (Å²) in [4.78, 5) is 0.145. The number of benzene rings is 2. The van der Waals surface area contributed by atoms with Crippen LogP contribution in [0.5, 0.6) is 0 Å². The third-order valence-corrected chi connectivity index (χ3v) is 6.02.